The van der Waals surface area contributed by atoms with Crippen LogP contribution in [0.15, 0.2) is 22.9 Å². The summed E-state index contributed by atoms with van der Waals surface area (Å²) in [6.07, 6.45) is 5.20. The van der Waals surface area contributed by atoms with Crippen molar-refractivity contribution in [3.63, 3.8) is 0 Å². The quantitative estimate of drug-likeness (QED) is 0.717. The first kappa shape index (κ1) is 19.5. The smallest absolute Gasteiger partial charge is 0.321 e. The van der Waals surface area contributed by atoms with Crippen molar-refractivity contribution in [3.05, 3.63) is 28.6 Å². The van der Waals surface area contributed by atoms with Gasteiger partial charge in [0.1, 0.15) is 5.01 Å². The molecule has 0 aromatic carbocycles. The molecule has 0 radical (unpaired) electrons. The first-order valence-electron chi connectivity index (χ1n) is 8.84. The van der Waals surface area contributed by atoms with Crippen LogP contribution in [0.3, 0.4) is 0 Å². The highest BCUT2D eigenvalue weighted by atomic mass is 32.1. The second-order valence-electron chi connectivity index (χ2n) is 6.32. The molecule has 3 rings (SSSR count). The van der Waals surface area contributed by atoms with Crippen molar-refractivity contribution in [2.24, 2.45) is 0 Å². The number of ether oxygens (including phenoxy) is 1. The van der Waals surface area contributed by atoms with Gasteiger partial charge in [-0.1, -0.05) is 25.3 Å². The zero-order valence-electron chi connectivity index (χ0n) is 14.7. The number of carbonyl (C=O) groups is 3. The number of carbonyl (C=O) groups excluding carboxylic acids is 3. The first-order valence-corrected chi connectivity index (χ1v) is 10.6. The molecule has 2 aromatic heterocycles. The molecule has 0 aliphatic heterocycles. The number of thiazole rings is 1. The van der Waals surface area contributed by atoms with Crippen LogP contribution in [0, 0.1) is 0 Å². The summed E-state index contributed by atoms with van der Waals surface area (Å²) in [5, 5.41) is 9.58. The van der Waals surface area contributed by atoms with Gasteiger partial charge >= 0.3 is 12.0 Å². The van der Waals surface area contributed by atoms with E-state index in [9.17, 15) is 14.4 Å². The largest absolute Gasteiger partial charge is 0.455 e. The fourth-order valence-corrected chi connectivity index (χ4v) is 4.51. The summed E-state index contributed by atoms with van der Waals surface area (Å²) in [5.41, 5.74) is 0.601. The number of hydrogen-bond acceptors (Lipinski definition) is 7. The molecule has 2 N–H and O–H groups in total. The van der Waals surface area contributed by atoms with Crippen LogP contribution in [0.1, 0.15) is 37.8 Å². The van der Waals surface area contributed by atoms with Gasteiger partial charge in [-0.15, -0.1) is 22.7 Å². The molecule has 27 heavy (non-hydrogen) atoms. The number of thiophene rings is 1. The van der Waals surface area contributed by atoms with E-state index >= 15 is 0 Å². The highest BCUT2D eigenvalue weighted by Crippen LogP contribution is 2.27. The number of urea groups is 1. The third-order valence-corrected chi connectivity index (χ3v) is 6.10. The average Bonchev–Trinajstić information content (AvgIpc) is 3.32. The number of hydrogen-bond donors (Lipinski definition) is 2. The van der Waals surface area contributed by atoms with E-state index in [0.29, 0.717) is 5.69 Å². The maximum atomic E-state index is 11.9. The number of aromatic nitrogens is 1. The van der Waals surface area contributed by atoms with Crippen molar-refractivity contribution in [3.8, 4) is 9.88 Å². The molecule has 2 heterocycles. The minimum Gasteiger partial charge on any atom is -0.455 e. The fraction of sp³-hybridized carbons (Fsp3) is 0.444. The van der Waals surface area contributed by atoms with Crippen LogP contribution < -0.4 is 10.6 Å². The zero-order valence-corrected chi connectivity index (χ0v) is 16.4. The van der Waals surface area contributed by atoms with Crippen LogP contribution in [0.2, 0.25) is 0 Å². The normalized spacial score (nSPS) is 14.5. The molecule has 1 aliphatic rings. The van der Waals surface area contributed by atoms with Crippen molar-refractivity contribution in [1.29, 1.82) is 0 Å². The van der Waals surface area contributed by atoms with E-state index in [1.807, 2.05) is 17.5 Å². The molecule has 7 nitrogen and oxygen atoms in total. The molecule has 0 unspecified atom stereocenters. The Labute approximate surface area is 165 Å². The maximum absolute atomic E-state index is 11.9. The summed E-state index contributed by atoms with van der Waals surface area (Å²) in [7, 11) is 0. The van der Waals surface area contributed by atoms with Gasteiger partial charge in [0.25, 0.3) is 5.91 Å². The lowest BCUT2D eigenvalue weighted by atomic mass is 9.96. The van der Waals surface area contributed by atoms with Crippen LogP contribution in [-0.4, -0.2) is 35.5 Å². The predicted molar refractivity (Wildman–Crippen MR) is 104 cm³/mol. The van der Waals surface area contributed by atoms with Gasteiger partial charge in [0.05, 0.1) is 17.0 Å². The summed E-state index contributed by atoms with van der Waals surface area (Å²) >= 11 is 3.04. The van der Waals surface area contributed by atoms with Gasteiger partial charge in [0, 0.05) is 11.4 Å². The Kier molecular flexibility index (Phi) is 6.94. The summed E-state index contributed by atoms with van der Waals surface area (Å²) < 4.78 is 4.93. The number of imide groups is 1. The van der Waals surface area contributed by atoms with Gasteiger partial charge in [-0.05, 0) is 24.3 Å². The van der Waals surface area contributed by atoms with E-state index in [4.69, 9.17) is 4.74 Å². The molecule has 0 bridgehead atoms. The fourth-order valence-electron chi connectivity index (χ4n) is 2.88. The molecule has 1 aliphatic carbocycles. The van der Waals surface area contributed by atoms with Gasteiger partial charge in [-0.25, -0.2) is 9.78 Å². The molecule has 0 atom stereocenters. The Morgan fingerprint density at radius 1 is 1.19 bits per heavy atom. The van der Waals surface area contributed by atoms with E-state index in [0.717, 1.165) is 35.6 Å². The molecule has 1 fully saturated rings. The first-order chi connectivity index (χ1) is 13.1. The Morgan fingerprint density at radius 2 is 2.00 bits per heavy atom. The molecule has 1 saturated carbocycles. The second kappa shape index (κ2) is 9.61. The van der Waals surface area contributed by atoms with Crippen molar-refractivity contribution >= 4 is 40.6 Å². The number of amides is 3. The molecule has 3 amide bonds. The van der Waals surface area contributed by atoms with Crippen molar-refractivity contribution in [1.82, 2.24) is 15.6 Å². The minimum absolute atomic E-state index is 0.0105. The van der Waals surface area contributed by atoms with Gasteiger partial charge in [-0.2, -0.15) is 0 Å². The van der Waals surface area contributed by atoms with Crippen LogP contribution >= 0.6 is 22.7 Å². The third-order valence-electron chi connectivity index (χ3n) is 4.17. The van der Waals surface area contributed by atoms with E-state index in [2.05, 4.69) is 15.6 Å². The zero-order chi connectivity index (χ0) is 19.1. The number of nitrogens with one attached hydrogen (secondary N) is 2. The lowest BCUT2D eigenvalue weighted by molar-refractivity contribution is -0.147. The van der Waals surface area contributed by atoms with Crippen molar-refractivity contribution < 1.29 is 19.1 Å². The average molecular weight is 408 g/mol. The Balaban J connectivity index is 1.37. The SMILES string of the molecule is O=C(COC(=O)Cc1csc(-c2cccs2)n1)NC(=O)NC1CCCCC1. The monoisotopic (exact) mass is 407 g/mol. The highest BCUT2D eigenvalue weighted by molar-refractivity contribution is 7.20. The minimum atomic E-state index is -0.644. The Hall–Kier alpha value is -2.26. The van der Waals surface area contributed by atoms with Crippen LogP contribution in [0.4, 0.5) is 4.79 Å². The molecular formula is C18H21N3O4S2. The van der Waals surface area contributed by atoms with Gasteiger partial charge in [0.15, 0.2) is 6.61 Å². The van der Waals surface area contributed by atoms with Crippen LogP contribution in [-0.2, 0) is 20.7 Å². The van der Waals surface area contributed by atoms with E-state index < -0.39 is 24.5 Å². The topological polar surface area (TPSA) is 97.4 Å². The molecule has 0 spiro atoms. The highest BCUT2D eigenvalue weighted by Gasteiger charge is 2.18. The molecule has 9 heteroatoms. The standard InChI is InChI=1S/C18H21N3O4S2/c22-15(21-18(24)20-12-5-2-1-3-6-12)10-25-16(23)9-13-11-27-17(19-13)14-7-4-8-26-14/h4,7-8,11-12H,1-3,5-6,9-10H2,(H2,20,21,22,24). The maximum Gasteiger partial charge on any atom is 0.321 e. The summed E-state index contributed by atoms with van der Waals surface area (Å²) in [5.74, 6) is -1.20. The lowest BCUT2D eigenvalue weighted by Crippen LogP contribution is -2.46. The van der Waals surface area contributed by atoms with Crippen molar-refractivity contribution in [2.45, 2.75) is 44.6 Å². The van der Waals surface area contributed by atoms with Crippen LogP contribution in [0.5, 0.6) is 0 Å². The number of esters is 1. The predicted octanol–water partition coefficient (Wildman–Crippen LogP) is 3.12. The van der Waals surface area contributed by atoms with E-state index in [1.54, 1.807) is 16.7 Å². The summed E-state index contributed by atoms with van der Waals surface area (Å²) in [4.78, 5) is 40.9. The number of rotatable bonds is 6. The lowest BCUT2D eigenvalue weighted by Gasteiger charge is -2.22. The molecule has 0 saturated heterocycles. The Bertz CT molecular complexity index is 782. The number of nitrogens with zero attached hydrogens (tertiary/aromatic N) is 1. The Morgan fingerprint density at radius 3 is 2.74 bits per heavy atom. The summed E-state index contributed by atoms with van der Waals surface area (Å²) in [6.45, 7) is -0.487. The second-order valence-corrected chi connectivity index (χ2v) is 8.12. The molecular weight excluding hydrogens is 386 g/mol. The van der Waals surface area contributed by atoms with Gasteiger partial charge < -0.3 is 10.1 Å². The van der Waals surface area contributed by atoms with Gasteiger partial charge in [0.2, 0.25) is 0 Å². The van der Waals surface area contributed by atoms with E-state index in [-0.39, 0.29) is 12.5 Å². The summed E-state index contributed by atoms with van der Waals surface area (Å²) in [6, 6.07) is 3.48. The van der Waals surface area contributed by atoms with Crippen molar-refractivity contribution in [2.75, 3.05) is 6.61 Å². The van der Waals surface area contributed by atoms with Gasteiger partial charge in [-0.3, -0.25) is 14.9 Å². The molecule has 2 aromatic rings. The van der Waals surface area contributed by atoms with Crippen LogP contribution in [0.25, 0.3) is 9.88 Å². The van der Waals surface area contributed by atoms with E-state index in [1.165, 1.54) is 17.8 Å². The third kappa shape index (κ3) is 6.14. The molecule has 144 valence electrons.